The van der Waals surface area contributed by atoms with Crippen LogP contribution in [-0.2, 0) is 6.54 Å². The lowest BCUT2D eigenvalue weighted by atomic mass is 10.1. The zero-order valence-electron chi connectivity index (χ0n) is 7.72. The van der Waals surface area contributed by atoms with Crippen LogP contribution in [0.15, 0.2) is 6.20 Å². The fraction of sp³-hybridized carbons (Fsp3) is 0.625. The summed E-state index contributed by atoms with van der Waals surface area (Å²) in [5.41, 5.74) is 5.65. The molecule has 1 aromatic heterocycles. The summed E-state index contributed by atoms with van der Waals surface area (Å²) in [7, 11) is 0. The molecule has 1 aromatic rings. The number of rotatable bonds is 2. The molecule has 3 N–H and O–H groups in total. The Hall–Kier alpha value is -0.610. The summed E-state index contributed by atoms with van der Waals surface area (Å²) in [6, 6.07) is 0. The normalized spacial score (nSPS) is 11.9. The zero-order valence-corrected chi connectivity index (χ0v) is 8.53. The van der Waals surface area contributed by atoms with Crippen LogP contribution in [0.2, 0.25) is 0 Å². The van der Waals surface area contributed by atoms with Crippen LogP contribution in [0.4, 0.5) is 5.13 Å². The third-order valence-electron chi connectivity index (χ3n) is 1.36. The second-order valence-electron chi connectivity index (χ2n) is 3.77. The number of hydrogen-bond acceptors (Lipinski definition) is 4. The fourth-order valence-corrected chi connectivity index (χ4v) is 1.38. The van der Waals surface area contributed by atoms with Crippen molar-refractivity contribution in [3.63, 3.8) is 0 Å². The lowest BCUT2D eigenvalue weighted by Gasteiger charge is -2.19. The molecule has 0 atom stereocenters. The third-order valence-corrected chi connectivity index (χ3v) is 2.19. The molecule has 0 aromatic carbocycles. The molecule has 0 bridgehead atoms. The lowest BCUT2D eigenvalue weighted by Crippen LogP contribution is -2.34. The number of thiazole rings is 1. The van der Waals surface area contributed by atoms with Gasteiger partial charge >= 0.3 is 0 Å². The molecule has 12 heavy (non-hydrogen) atoms. The number of hydrogen-bond donors (Lipinski definition) is 2. The van der Waals surface area contributed by atoms with Crippen LogP contribution in [-0.4, -0.2) is 10.5 Å². The van der Waals surface area contributed by atoms with Crippen LogP contribution in [0.1, 0.15) is 25.6 Å². The molecule has 0 saturated carbocycles. The number of nitrogen functional groups attached to an aromatic ring is 1. The molecule has 0 aliphatic heterocycles. The molecule has 0 amide bonds. The molecule has 68 valence electrons. The van der Waals surface area contributed by atoms with Crippen molar-refractivity contribution < 1.29 is 0 Å². The SMILES string of the molecule is CC(C)(C)NCc1cnc(N)s1. The monoisotopic (exact) mass is 185 g/mol. The van der Waals surface area contributed by atoms with Gasteiger partial charge in [-0.3, -0.25) is 0 Å². The minimum atomic E-state index is 0.152. The van der Waals surface area contributed by atoms with Gasteiger partial charge in [0.25, 0.3) is 0 Å². The van der Waals surface area contributed by atoms with Crippen molar-refractivity contribution in [1.82, 2.24) is 10.3 Å². The van der Waals surface area contributed by atoms with Gasteiger partial charge in [-0.05, 0) is 20.8 Å². The van der Waals surface area contributed by atoms with E-state index >= 15 is 0 Å². The first-order valence-electron chi connectivity index (χ1n) is 3.92. The molecular weight excluding hydrogens is 170 g/mol. The van der Waals surface area contributed by atoms with Gasteiger partial charge in [-0.15, -0.1) is 11.3 Å². The van der Waals surface area contributed by atoms with Crippen LogP contribution >= 0.6 is 11.3 Å². The van der Waals surface area contributed by atoms with E-state index in [2.05, 4.69) is 31.1 Å². The first kappa shape index (κ1) is 9.48. The van der Waals surface area contributed by atoms with Gasteiger partial charge in [0, 0.05) is 23.2 Å². The number of anilines is 1. The van der Waals surface area contributed by atoms with Gasteiger partial charge in [-0.25, -0.2) is 4.98 Å². The number of nitrogens with one attached hydrogen (secondary N) is 1. The van der Waals surface area contributed by atoms with Gasteiger partial charge in [0.15, 0.2) is 5.13 Å². The van der Waals surface area contributed by atoms with E-state index in [9.17, 15) is 0 Å². The first-order chi connectivity index (χ1) is 5.47. The Morgan fingerprint density at radius 1 is 1.58 bits per heavy atom. The van der Waals surface area contributed by atoms with Gasteiger partial charge in [0.05, 0.1) is 0 Å². The highest BCUT2D eigenvalue weighted by Crippen LogP contribution is 2.14. The second-order valence-corrected chi connectivity index (χ2v) is 4.92. The summed E-state index contributed by atoms with van der Waals surface area (Å²) in [4.78, 5) is 5.16. The van der Waals surface area contributed by atoms with Crippen molar-refractivity contribution >= 4 is 16.5 Å². The summed E-state index contributed by atoms with van der Waals surface area (Å²) in [6.07, 6.45) is 1.82. The van der Waals surface area contributed by atoms with E-state index in [0.717, 1.165) is 6.54 Å². The highest BCUT2D eigenvalue weighted by atomic mass is 32.1. The maximum absolute atomic E-state index is 5.50. The Morgan fingerprint density at radius 2 is 2.25 bits per heavy atom. The highest BCUT2D eigenvalue weighted by molar-refractivity contribution is 7.15. The molecule has 0 radical (unpaired) electrons. The molecule has 1 heterocycles. The molecule has 0 spiro atoms. The highest BCUT2D eigenvalue weighted by Gasteiger charge is 2.09. The Morgan fingerprint density at radius 3 is 2.67 bits per heavy atom. The Kier molecular flexibility index (Phi) is 2.69. The third kappa shape index (κ3) is 3.19. The number of nitrogens with zero attached hydrogens (tertiary/aromatic N) is 1. The van der Waals surface area contributed by atoms with Gasteiger partial charge in [-0.2, -0.15) is 0 Å². The van der Waals surface area contributed by atoms with Crippen LogP contribution in [0, 0.1) is 0 Å². The zero-order chi connectivity index (χ0) is 9.19. The van der Waals surface area contributed by atoms with Crippen LogP contribution in [0.3, 0.4) is 0 Å². The quantitative estimate of drug-likeness (QED) is 0.736. The minimum absolute atomic E-state index is 0.152. The van der Waals surface area contributed by atoms with E-state index in [1.165, 1.54) is 16.2 Å². The molecule has 1 rings (SSSR count). The maximum Gasteiger partial charge on any atom is 0.180 e. The van der Waals surface area contributed by atoms with E-state index in [-0.39, 0.29) is 5.54 Å². The smallest absolute Gasteiger partial charge is 0.180 e. The molecule has 3 nitrogen and oxygen atoms in total. The molecule has 0 unspecified atom stereocenters. The van der Waals surface area contributed by atoms with Crippen LogP contribution in [0.5, 0.6) is 0 Å². The fourth-order valence-electron chi connectivity index (χ4n) is 0.757. The molecule has 0 saturated heterocycles. The van der Waals surface area contributed by atoms with Gasteiger partial charge in [0.1, 0.15) is 0 Å². The van der Waals surface area contributed by atoms with E-state index in [1.807, 2.05) is 6.20 Å². The maximum atomic E-state index is 5.50. The lowest BCUT2D eigenvalue weighted by molar-refractivity contribution is 0.426. The summed E-state index contributed by atoms with van der Waals surface area (Å²) in [5, 5.41) is 4.01. The predicted octanol–water partition coefficient (Wildman–Crippen LogP) is 1.61. The van der Waals surface area contributed by atoms with E-state index < -0.39 is 0 Å². The predicted molar refractivity (Wildman–Crippen MR) is 53.1 cm³/mol. The number of aromatic nitrogens is 1. The van der Waals surface area contributed by atoms with Crippen molar-refractivity contribution in [2.45, 2.75) is 32.9 Å². The van der Waals surface area contributed by atoms with Gasteiger partial charge in [-0.1, -0.05) is 0 Å². The largest absolute Gasteiger partial charge is 0.375 e. The summed E-state index contributed by atoms with van der Waals surface area (Å²) in [6.45, 7) is 7.25. The topological polar surface area (TPSA) is 50.9 Å². The van der Waals surface area contributed by atoms with Crippen molar-refractivity contribution in [3.05, 3.63) is 11.1 Å². The minimum Gasteiger partial charge on any atom is -0.375 e. The van der Waals surface area contributed by atoms with Crippen molar-refractivity contribution in [2.24, 2.45) is 0 Å². The molecule has 0 aliphatic carbocycles. The van der Waals surface area contributed by atoms with E-state index in [1.54, 1.807) is 0 Å². The Balaban J connectivity index is 2.44. The van der Waals surface area contributed by atoms with E-state index in [0.29, 0.717) is 5.13 Å². The summed E-state index contributed by atoms with van der Waals surface area (Å²) < 4.78 is 0. The van der Waals surface area contributed by atoms with Gasteiger partial charge in [0.2, 0.25) is 0 Å². The van der Waals surface area contributed by atoms with Crippen molar-refractivity contribution in [2.75, 3.05) is 5.73 Å². The average Bonchev–Trinajstić information content (AvgIpc) is 2.30. The van der Waals surface area contributed by atoms with E-state index in [4.69, 9.17) is 5.73 Å². The van der Waals surface area contributed by atoms with Crippen molar-refractivity contribution in [1.29, 1.82) is 0 Å². The van der Waals surface area contributed by atoms with Crippen LogP contribution in [0.25, 0.3) is 0 Å². The molecule has 0 fully saturated rings. The Labute approximate surface area is 77.0 Å². The molecule has 4 heteroatoms. The van der Waals surface area contributed by atoms with Crippen molar-refractivity contribution in [3.8, 4) is 0 Å². The van der Waals surface area contributed by atoms with Gasteiger partial charge < -0.3 is 11.1 Å². The molecule has 0 aliphatic rings. The first-order valence-corrected chi connectivity index (χ1v) is 4.74. The Bertz CT molecular complexity index is 249. The van der Waals surface area contributed by atoms with Crippen LogP contribution < -0.4 is 11.1 Å². The second kappa shape index (κ2) is 3.41. The summed E-state index contributed by atoms with van der Waals surface area (Å²) >= 11 is 1.53. The molecular formula is C8H15N3S. The summed E-state index contributed by atoms with van der Waals surface area (Å²) in [5.74, 6) is 0. The number of nitrogens with two attached hydrogens (primary N) is 1. The standard InChI is InChI=1S/C8H15N3S/c1-8(2,3)11-5-6-4-10-7(9)12-6/h4,11H,5H2,1-3H3,(H2,9,10). The average molecular weight is 185 g/mol.